The third-order valence-electron chi connectivity index (χ3n) is 4.51. The molecule has 0 unspecified atom stereocenters. The van der Waals surface area contributed by atoms with Crippen LogP contribution in [0.3, 0.4) is 0 Å². The molecule has 1 fully saturated rings. The second kappa shape index (κ2) is 10.9. The van der Waals surface area contributed by atoms with Gasteiger partial charge in [0, 0.05) is 45.1 Å². The molecule has 0 saturated carbocycles. The molecular weight excluding hydrogens is 346 g/mol. The monoisotopic (exact) mass is 379 g/mol. The van der Waals surface area contributed by atoms with Gasteiger partial charge in [-0.2, -0.15) is 4.98 Å². The van der Waals surface area contributed by atoms with Gasteiger partial charge in [-0.3, -0.25) is 14.7 Å². The van der Waals surface area contributed by atoms with E-state index in [1.807, 2.05) is 13.8 Å². The average molecular weight is 380 g/mol. The van der Waals surface area contributed by atoms with Crippen molar-refractivity contribution in [2.24, 2.45) is 4.99 Å². The number of rotatable bonds is 8. The lowest BCUT2D eigenvalue weighted by molar-refractivity contribution is -0.122. The van der Waals surface area contributed by atoms with Gasteiger partial charge >= 0.3 is 0 Å². The first-order valence-electron chi connectivity index (χ1n) is 9.82. The summed E-state index contributed by atoms with van der Waals surface area (Å²) < 4.78 is 5.26. The summed E-state index contributed by atoms with van der Waals surface area (Å²) in [6.07, 6.45) is 2.60. The van der Waals surface area contributed by atoms with Gasteiger partial charge in [0.05, 0.1) is 13.1 Å². The summed E-state index contributed by atoms with van der Waals surface area (Å²) in [4.78, 5) is 22.7. The second-order valence-corrected chi connectivity index (χ2v) is 7.08. The Morgan fingerprint density at radius 3 is 2.70 bits per heavy atom. The molecule has 2 heterocycles. The van der Waals surface area contributed by atoms with Crippen LogP contribution >= 0.6 is 0 Å². The maximum absolute atomic E-state index is 11.5. The van der Waals surface area contributed by atoms with Gasteiger partial charge in [-0.1, -0.05) is 19.0 Å². The molecular formula is C18H33N7O2. The van der Waals surface area contributed by atoms with Gasteiger partial charge < -0.3 is 20.5 Å². The largest absolute Gasteiger partial charge is 0.358 e. The summed E-state index contributed by atoms with van der Waals surface area (Å²) in [6.45, 7) is 9.81. The van der Waals surface area contributed by atoms with Gasteiger partial charge in [-0.25, -0.2) is 0 Å². The maximum atomic E-state index is 11.5. The van der Waals surface area contributed by atoms with Crippen LogP contribution in [0.2, 0.25) is 0 Å². The summed E-state index contributed by atoms with van der Waals surface area (Å²) in [5.74, 6) is 2.51. The van der Waals surface area contributed by atoms with E-state index in [0.717, 1.165) is 44.3 Å². The Morgan fingerprint density at radius 2 is 2.11 bits per heavy atom. The molecule has 2 rings (SSSR count). The lowest BCUT2D eigenvalue weighted by Gasteiger charge is -2.32. The van der Waals surface area contributed by atoms with Crippen molar-refractivity contribution in [3.05, 3.63) is 11.7 Å². The number of likely N-dealkylation sites (N-methyl/N-ethyl adjacent to an activating group) is 1. The van der Waals surface area contributed by atoms with Crippen LogP contribution < -0.4 is 16.0 Å². The van der Waals surface area contributed by atoms with Crippen molar-refractivity contribution in [3.8, 4) is 0 Å². The fraction of sp³-hybridized carbons (Fsp3) is 0.778. The Hall–Kier alpha value is -2.16. The molecule has 0 atom stereocenters. The zero-order chi connectivity index (χ0) is 19.6. The van der Waals surface area contributed by atoms with Crippen LogP contribution in [-0.4, -0.2) is 72.7 Å². The van der Waals surface area contributed by atoms with Gasteiger partial charge in [0.1, 0.15) is 0 Å². The van der Waals surface area contributed by atoms with E-state index < -0.39 is 0 Å². The van der Waals surface area contributed by atoms with Crippen molar-refractivity contribution in [2.75, 3.05) is 39.8 Å². The van der Waals surface area contributed by atoms with Crippen molar-refractivity contribution < 1.29 is 9.32 Å². The fourth-order valence-corrected chi connectivity index (χ4v) is 2.90. The van der Waals surface area contributed by atoms with Crippen molar-refractivity contribution in [3.63, 3.8) is 0 Å². The quantitative estimate of drug-likeness (QED) is 0.446. The van der Waals surface area contributed by atoms with E-state index in [1.165, 1.54) is 0 Å². The molecule has 1 aromatic rings. The third kappa shape index (κ3) is 7.16. The highest BCUT2D eigenvalue weighted by molar-refractivity contribution is 5.80. The Labute approximate surface area is 161 Å². The highest BCUT2D eigenvalue weighted by atomic mass is 16.5. The van der Waals surface area contributed by atoms with Crippen molar-refractivity contribution >= 4 is 11.9 Å². The summed E-state index contributed by atoms with van der Waals surface area (Å²) in [5.41, 5.74) is 0. The van der Waals surface area contributed by atoms with E-state index in [-0.39, 0.29) is 11.8 Å². The number of aliphatic imine (C=N–C) groups is 1. The van der Waals surface area contributed by atoms with Crippen LogP contribution in [0.15, 0.2) is 9.52 Å². The topological polar surface area (TPSA) is 108 Å². The Morgan fingerprint density at radius 1 is 1.37 bits per heavy atom. The summed E-state index contributed by atoms with van der Waals surface area (Å²) in [7, 11) is 1.67. The van der Waals surface area contributed by atoms with Crippen LogP contribution in [0, 0.1) is 0 Å². The average Bonchev–Trinajstić information content (AvgIpc) is 3.12. The normalized spacial score (nSPS) is 16.6. The standard InChI is InChI=1S/C18H33N7O2/c1-5-20-18(21-9-6-16-23-17(13(2)3)24-27-16)22-14-7-10-25(11-8-14)12-15(26)19-4/h13-14H,5-12H2,1-4H3,(H,19,26)(H2,20,21,22). The number of nitrogens with zero attached hydrogens (tertiary/aromatic N) is 4. The number of hydrogen-bond acceptors (Lipinski definition) is 6. The lowest BCUT2D eigenvalue weighted by atomic mass is 10.1. The first kappa shape index (κ1) is 21.1. The number of likely N-dealkylation sites (tertiary alicyclic amines) is 1. The predicted molar refractivity (Wildman–Crippen MR) is 105 cm³/mol. The third-order valence-corrected chi connectivity index (χ3v) is 4.51. The smallest absolute Gasteiger partial charge is 0.233 e. The number of amides is 1. The predicted octanol–water partition coefficient (Wildman–Crippen LogP) is 0.501. The number of carbonyl (C=O) groups is 1. The van der Waals surface area contributed by atoms with E-state index in [9.17, 15) is 4.79 Å². The van der Waals surface area contributed by atoms with E-state index in [0.29, 0.717) is 31.4 Å². The molecule has 0 radical (unpaired) electrons. The Kier molecular flexibility index (Phi) is 8.50. The summed E-state index contributed by atoms with van der Waals surface area (Å²) >= 11 is 0. The first-order valence-corrected chi connectivity index (χ1v) is 9.82. The van der Waals surface area contributed by atoms with Gasteiger partial charge in [-0.05, 0) is 19.8 Å². The first-order chi connectivity index (χ1) is 13.0. The van der Waals surface area contributed by atoms with E-state index in [4.69, 9.17) is 4.52 Å². The number of hydrogen-bond donors (Lipinski definition) is 3. The van der Waals surface area contributed by atoms with Crippen LogP contribution in [0.1, 0.15) is 51.2 Å². The van der Waals surface area contributed by atoms with E-state index in [1.54, 1.807) is 7.05 Å². The number of piperidine rings is 1. The number of aromatic nitrogens is 2. The second-order valence-electron chi connectivity index (χ2n) is 7.08. The molecule has 0 aliphatic carbocycles. The zero-order valence-corrected chi connectivity index (χ0v) is 16.9. The fourth-order valence-electron chi connectivity index (χ4n) is 2.90. The zero-order valence-electron chi connectivity index (χ0n) is 16.9. The summed E-state index contributed by atoms with van der Waals surface area (Å²) in [5, 5.41) is 13.4. The molecule has 27 heavy (non-hydrogen) atoms. The minimum absolute atomic E-state index is 0.0676. The minimum Gasteiger partial charge on any atom is -0.358 e. The van der Waals surface area contributed by atoms with Gasteiger partial charge in [0.25, 0.3) is 0 Å². The summed E-state index contributed by atoms with van der Waals surface area (Å²) in [6, 6.07) is 0.361. The van der Waals surface area contributed by atoms with Gasteiger partial charge in [0.15, 0.2) is 11.8 Å². The van der Waals surface area contributed by atoms with E-state index in [2.05, 4.69) is 42.9 Å². The van der Waals surface area contributed by atoms with Gasteiger partial charge in [0.2, 0.25) is 11.8 Å². The minimum atomic E-state index is 0.0676. The number of nitrogens with one attached hydrogen (secondary N) is 3. The molecule has 1 amide bonds. The molecule has 9 heteroatoms. The lowest BCUT2D eigenvalue weighted by Crippen LogP contribution is -2.50. The van der Waals surface area contributed by atoms with Crippen LogP contribution in [0.5, 0.6) is 0 Å². The van der Waals surface area contributed by atoms with Crippen LogP contribution in [-0.2, 0) is 11.2 Å². The molecule has 0 bridgehead atoms. The molecule has 9 nitrogen and oxygen atoms in total. The Balaban J connectivity index is 1.78. The van der Waals surface area contributed by atoms with Crippen molar-refractivity contribution in [1.29, 1.82) is 0 Å². The molecule has 1 aliphatic rings. The molecule has 0 aromatic carbocycles. The van der Waals surface area contributed by atoms with Crippen LogP contribution in [0.4, 0.5) is 0 Å². The highest BCUT2D eigenvalue weighted by Gasteiger charge is 2.21. The van der Waals surface area contributed by atoms with E-state index >= 15 is 0 Å². The SMILES string of the molecule is CCNC(=NCCc1nc(C(C)C)no1)NC1CCN(CC(=O)NC)CC1. The highest BCUT2D eigenvalue weighted by Crippen LogP contribution is 2.11. The number of carbonyl (C=O) groups excluding carboxylic acids is 1. The molecule has 1 aliphatic heterocycles. The molecule has 1 saturated heterocycles. The number of guanidine groups is 1. The molecule has 0 spiro atoms. The van der Waals surface area contributed by atoms with Crippen LogP contribution in [0.25, 0.3) is 0 Å². The molecule has 3 N–H and O–H groups in total. The van der Waals surface area contributed by atoms with Crippen molar-refractivity contribution in [2.45, 2.75) is 52.0 Å². The Bertz CT molecular complexity index is 607. The molecule has 1 aromatic heterocycles. The van der Waals surface area contributed by atoms with Gasteiger partial charge in [-0.15, -0.1) is 0 Å². The maximum Gasteiger partial charge on any atom is 0.233 e. The van der Waals surface area contributed by atoms with Crippen molar-refractivity contribution in [1.82, 2.24) is 31.0 Å². The molecule has 152 valence electrons.